The van der Waals surface area contributed by atoms with Crippen LogP contribution in [0.3, 0.4) is 0 Å². The van der Waals surface area contributed by atoms with Crippen molar-refractivity contribution in [3.8, 4) is 0 Å². The molecular formula is C14H21F2NO2. The van der Waals surface area contributed by atoms with E-state index in [0.717, 1.165) is 12.1 Å². The lowest BCUT2D eigenvalue weighted by atomic mass is 10.0. The molecule has 1 aromatic rings. The predicted molar refractivity (Wildman–Crippen MR) is 69.8 cm³/mol. The lowest BCUT2D eigenvalue weighted by molar-refractivity contribution is 0.122. The van der Waals surface area contributed by atoms with Gasteiger partial charge in [-0.05, 0) is 12.0 Å². The molecule has 108 valence electrons. The van der Waals surface area contributed by atoms with Gasteiger partial charge in [0.15, 0.2) is 0 Å². The van der Waals surface area contributed by atoms with Gasteiger partial charge in [0.2, 0.25) is 0 Å². The van der Waals surface area contributed by atoms with Gasteiger partial charge in [0.05, 0.1) is 12.7 Å². The van der Waals surface area contributed by atoms with Crippen molar-refractivity contribution in [2.24, 2.45) is 5.92 Å². The lowest BCUT2D eigenvalue weighted by Gasteiger charge is -2.23. The Bertz CT molecular complexity index is 399. The molecule has 1 aromatic carbocycles. The number of hydrogen-bond acceptors (Lipinski definition) is 3. The Balaban J connectivity index is 2.61. The summed E-state index contributed by atoms with van der Waals surface area (Å²) in [6.07, 6.45) is -1.02. The van der Waals surface area contributed by atoms with Crippen LogP contribution in [-0.2, 0) is 4.74 Å². The molecule has 0 saturated heterocycles. The minimum Gasteiger partial charge on any atom is -0.387 e. The van der Waals surface area contributed by atoms with E-state index in [-0.39, 0.29) is 18.2 Å². The van der Waals surface area contributed by atoms with Gasteiger partial charge in [0.25, 0.3) is 0 Å². The minimum absolute atomic E-state index is 0.0724. The van der Waals surface area contributed by atoms with E-state index in [1.807, 2.05) is 13.8 Å². The van der Waals surface area contributed by atoms with Gasteiger partial charge in [-0.15, -0.1) is 0 Å². The highest BCUT2D eigenvalue weighted by atomic mass is 19.1. The maximum absolute atomic E-state index is 13.5. The minimum atomic E-state index is -1.02. The van der Waals surface area contributed by atoms with Crippen molar-refractivity contribution >= 4 is 0 Å². The number of aliphatic hydroxyl groups excluding tert-OH is 1. The summed E-state index contributed by atoms with van der Waals surface area (Å²) in [5, 5.41) is 13.1. The van der Waals surface area contributed by atoms with E-state index in [9.17, 15) is 13.9 Å². The molecule has 2 atom stereocenters. The van der Waals surface area contributed by atoms with Crippen molar-refractivity contribution in [3.05, 3.63) is 35.4 Å². The largest absolute Gasteiger partial charge is 0.387 e. The van der Waals surface area contributed by atoms with Crippen molar-refractivity contribution in [1.29, 1.82) is 0 Å². The van der Waals surface area contributed by atoms with E-state index in [1.54, 1.807) is 7.11 Å². The highest BCUT2D eigenvalue weighted by Gasteiger charge is 2.17. The first-order valence-electron chi connectivity index (χ1n) is 6.31. The highest BCUT2D eigenvalue weighted by Crippen LogP contribution is 2.17. The second kappa shape index (κ2) is 7.53. The zero-order chi connectivity index (χ0) is 14.4. The van der Waals surface area contributed by atoms with E-state index in [2.05, 4.69) is 5.32 Å². The fourth-order valence-corrected chi connectivity index (χ4v) is 1.81. The van der Waals surface area contributed by atoms with Crippen molar-refractivity contribution in [1.82, 2.24) is 5.32 Å². The van der Waals surface area contributed by atoms with E-state index in [0.29, 0.717) is 12.5 Å². The second-order valence-corrected chi connectivity index (χ2v) is 4.90. The molecular weight excluding hydrogens is 252 g/mol. The van der Waals surface area contributed by atoms with Gasteiger partial charge in [-0.2, -0.15) is 0 Å². The Morgan fingerprint density at radius 3 is 2.53 bits per heavy atom. The summed E-state index contributed by atoms with van der Waals surface area (Å²) in [6.45, 7) is 4.76. The normalized spacial score (nSPS) is 14.7. The SMILES string of the molecule is COCC(NCC(O)c1ccc(F)cc1F)C(C)C. The second-order valence-electron chi connectivity index (χ2n) is 4.90. The van der Waals surface area contributed by atoms with Gasteiger partial charge in [0, 0.05) is 31.3 Å². The van der Waals surface area contributed by atoms with Crippen LogP contribution < -0.4 is 5.32 Å². The molecule has 2 unspecified atom stereocenters. The summed E-state index contributed by atoms with van der Waals surface area (Å²) in [5.41, 5.74) is 0.0915. The molecule has 1 rings (SSSR count). The summed E-state index contributed by atoms with van der Waals surface area (Å²) in [6, 6.07) is 3.24. The summed E-state index contributed by atoms with van der Waals surface area (Å²) in [7, 11) is 1.60. The van der Waals surface area contributed by atoms with Crippen LogP contribution in [-0.4, -0.2) is 31.4 Å². The average molecular weight is 273 g/mol. The number of rotatable bonds is 7. The zero-order valence-corrected chi connectivity index (χ0v) is 11.5. The molecule has 0 fully saturated rings. The molecule has 0 aliphatic rings. The van der Waals surface area contributed by atoms with Gasteiger partial charge in [-0.3, -0.25) is 0 Å². The summed E-state index contributed by atoms with van der Waals surface area (Å²) in [4.78, 5) is 0. The maximum atomic E-state index is 13.5. The van der Waals surface area contributed by atoms with Crippen LogP contribution in [0.4, 0.5) is 8.78 Å². The monoisotopic (exact) mass is 273 g/mol. The molecule has 2 N–H and O–H groups in total. The van der Waals surface area contributed by atoms with Crippen LogP contribution in [0.5, 0.6) is 0 Å². The van der Waals surface area contributed by atoms with E-state index in [4.69, 9.17) is 4.74 Å². The number of halogens is 2. The van der Waals surface area contributed by atoms with Crippen molar-refractivity contribution in [2.45, 2.75) is 26.0 Å². The molecule has 0 spiro atoms. The fourth-order valence-electron chi connectivity index (χ4n) is 1.81. The Kier molecular flexibility index (Phi) is 6.34. The molecule has 0 radical (unpaired) electrons. The van der Waals surface area contributed by atoms with Crippen LogP contribution in [0.25, 0.3) is 0 Å². The topological polar surface area (TPSA) is 41.5 Å². The molecule has 0 aromatic heterocycles. The molecule has 5 heteroatoms. The third kappa shape index (κ3) is 4.86. The van der Waals surface area contributed by atoms with Crippen LogP contribution in [0, 0.1) is 17.6 Å². The molecule has 3 nitrogen and oxygen atoms in total. The molecule has 19 heavy (non-hydrogen) atoms. The fraction of sp³-hybridized carbons (Fsp3) is 0.571. The van der Waals surface area contributed by atoms with Gasteiger partial charge in [-0.1, -0.05) is 19.9 Å². The van der Waals surface area contributed by atoms with Gasteiger partial charge in [0.1, 0.15) is 11.6 Å². The number of aliphatic hydroxyl groups is 1. The molecule has 0 aliphatic heterocycles. The molecule has 0 aliphatic carbocycles. The molecule has 0 amide bonds. The quantitative estimate of drug-likeness (QED) is 0.800. The number of methoxy groups -OCH3 is 1. The summed E-state index contributed by atoms with van der Waals surface area (Å²) >= 11 is 0. The van der Waals surface area contributed by atoms with Crippen LogP contribution in [0.15, 0.2) is 18.2 Å². The van der Waals surface area contributed by atoms with Crippen molar-refractivity contribution < 1.29 is 18.6 Å². The third-order valence-electron chi connectivity index (χ3n) is 3.05. The highest BCUT2D eigenvalue weighted by molar-refractivity contribution is 5.21. The number of benzene rings is 1. The van der Waals surface area contributed by atoms with Gasteiger partial charge < -0.3 is 15.2 Å². The zero-order valence-electron chi connectivity index (χ0n) is 11.5. The number of ether oxygens (including phenoxy) is 1. The van der Waals surface area contributed by atoms with Crippen LogP contribution in [0.1, 0.15) is 25.5 Å². The van der Waals surface area contributed by atoms with Gasteiger partial charge >= 0.3 is 0 Å². The van der Waals surface area contributed by atoms with Gasteiger partial charge in [-0.25, -0.2) is 8.78 Å². The van der Waals surface area contributed by atoms with Crippen LogP contribution in [0.2, 0.25) is 0 Å². The van der Waals surface area contributed by atoms with E-state index >= 15 is 0 Å². The Morgan fingerprint density at radius 1 is 1.32 bits per heavy atom. The summed E-state index contributed by atoms with van der Waals surface area (Å²) < 4.78 is 31.3. The predicted octanol–water partition coefficient (Wildman–Crippen LogP) is 2.26. The molecule has 0 saturated carbocycles. The average Bonchev–Trinajstić information content (AvgIpc) is 2.33. The van der Waals surface area contributed by atoms with Crippen LogP contribution >= 0.6 is 0 Å². The Hall–Kier alpha value is -1.04. The Labute approximate surface area is 112 Å². The first kappa shape index (κ1) is 16.0. The van der Waals surface area contributed by atoms with Crippen molar-refractivity contribution in [3.63, 3.8) is 0 Å². The standard InChI is InChI=1S/C14H21F2NO2/c1-9(2)13(8-19-3)17-7-14(18)11-5-4-10(15)6-12(11)16/h4-6,9,13-14,17-18H,7-8H2,1-3H3. The smallest absolute Gasteiger partial charge is 0.131 e. The summed E-state index contributed by atoms with van der Waals surface area (Å²) in [5.74, 6) is -1.06. The number of hydrogen-bond donors (Lipinski definition) is 2. The van der Waals surface area contributed by atoms with E-state index in [1.165, 1.54) is 6.07 Å². The first-order valence-corrected chi connectivity index (χ1v) is 6.31. The molecule has 0 bridgehead atoms. The van der Waals surface area contributed by atoms with E-state index < -0.39 is 17.7 Å². The third-order valence-corrected chi connectivity index (χ3v) is 3.05. The lowest BCUT2D eigenvalue weighted by Crippen LogP contribution is -2.40. The molecule has 0 heterocycles. The van der Waals surface area contributed by atoms with Crippen molar-refractivity contribution in [2.75, 3.05) is 20.3 Å². The maximum Gasteiger partial charge on any atom is 0.131 e. The number of nitrogens with one attached hydrogen (secondary N) is 1. The Morgan fingerprint density at radius 2 is 2.00 bits per heavy atom. The first-order chi connectivity index (χ1) is 8.95.